The van der Waals surface area contributed by atoms with Crippen LogP contribution >= 0.6 is 0 Å². The van der Waals surface area contributed by atoms with E-state index in [9.17, 15) is 0 Å². The van der Waals surface area contributed by atoms with Gasteiger partial charge in [-0.15, -0.1) is 0 Å². The maximum Gasteiger partial charge on any atom is 0.173 e. The Balaban J connectivity index is 1.54. The van der Waals surface area contributed by atoms with E-state index in [2.05, 4.69) is 63.5 Å². The van der Waals surface area contributed by atoms with Crippen molar-refractivity contribution in [2.24, 2.45) is 0 Å². The van der Waals surface area contributed by atoms with Gasteiger partial charge in [-0.05, 0) is 76.4 Å². The second kappa shape index (κ2) is 11.8. The summed E-state index contributed by atoms with van der Waals surface area (Å²) in [4.78, 5) is 4.71. The minimum absolute atomic E-state index is 0.666. The van der Waals surface area contributed by atoms with Crippen LogP contribution in [0.25, 0.3) is 33.5 Å². The van der Waals surface area contributed by atoms with Crippen molar-refractivity contribution in [3.8, 4) is 23.0 Å². The highest BCUT2D eigenvalue weighted by Gasteiger charge is 2.21. The average Bonchev–Trinajstić information content (AvgIpc) is 3.40. The highest BCUT2D eigenvalue weighted by Crippen LogP contribution is 2.40. The molecule has 0 fully saturated rings. The van der Waals surface area contributed by atoms with Gasteiger partial charge in [-0.1, -0.05) is 27.7 Å². The number of rotatable bonds is 13. The molecule has 0 N–H and O–H groups in total. The maximum absolute atomic E-state index is 6.28. The van der Waals surface area contributed by atoms with Crippen LogP contribution in [0, 0.1) is 13.8 Å². The van der Waals surface area contributed by atoms with Gasteiger partial charge in [0.05, 0.1) is 0 Å². The number of likely N-dealkylation sites (N-methyl/N-ethyl adjacent to an activating group) is 2. The third-order valence-electron chi connectivity index (χ3n) is 7.16. The van der Waals surface area contributed by atoms with E-state index < -0.39 is 0 Å². The third-order valence-corrected chi connectivity index (χ3v) is 7.16. The van der Waals surface area contributed by atoms with Gasteiger partial charge in [0.15, 0.2) is 11.5 Å². The summed E-state index contributed by atoms with van der Waals surface area (Å²) in [6, 6.07) is 12.1. The lowest BCUT2D eigenvalue weighted by molar-refractivity contribution is 0.223. The minimum atomic E-state index is 0.666. The van der Waals surface area contributed by atoms with Crippen LogP contribution in [0.3, 0.4) is 0 Å². The lowest BCUT2D eigenvalue weighted by Gasteiger charge is -2.17. The summed E-state index contributed by atoms with van der Waals surface area (Å²) in [7, 11) is 0. The SMILES string of the molecule is CCN(CC)CCOc1ccc2oc(-c3oc4ccc(OCCN(CC)CC)cc4c3C)c(C)c2c1. The van der Waals surface area contributed by atoms with Crippen molar-refractivity contribution in [2.45, 2.75) is 41.5 Å². The molecule has 0 amide bonds. The van der Waals surface area contributed by atoms with Crippen molar-refractivity contribution in [1.29, 1.82) is 0 Å². The third kappa shape index (κ3) is 5.55. The molecular weight excluding hydrogens is 452 g/mol. The number of nitrogens with zero attached hydrogens (tertiary/aromatic N) is 2. The van der Waals surface area contributed by atoms with Gasteiger partial charge in [-0.2, -0.15) is 0 Å². The Morgan fingerprint density at radius 2 is 1.00 bits per heavy atom. The topological polar surface area (TPSA) is 51.2 Å². The lowest BCUT2D eigenvalue weighted by atomic mass is 10.1. The Kier molecular flexibility index (Phi) is 8.60. The van der Waals surface area contributed by atoms with Crippen LogP contribution < -0.4 is 9.47 Å². The van der Waals surface area contributed by atoms with Crippen LogP contribution in [0.1, 0.15) is 38.8 Å². The van der Waals surface area contributed by atoms with E-state index in [1.54, 1.807) is 0 Å². The van der Waals surface area contributed by atoms with Crippen molar-refractivity contribution in [1.82, 2.24) is 9.80 Å². The van der Waals surface area contributed by atoms with Crippen LogP contribution in [0.15, 0.2) is 45.2 Å². The highest BCUT2D eigenvalue weighted by molar-refractivity contribution is 5.93. The van der Waals surface area contributed by atoms with Gasteiger partial charge in [0, 0.05) is 35.0 Å². The molecule has 4 rings (SSSR count). The van der Waals surface area contributed by atoms with E-state index in [1.807, 2.05) is 24.3 Å². The molecule has 4 aromatic rings. The lowest BCUT2D eigenvalue weighted by Crippen LogP contribution is -2.27. The molecule has 0 saturated heterocycles. The number of hydrogen-bond acceptors (Lipinski definition) is 6. The zero-order valence-corrected chi connectivity index (χ0v) is 22.6. The first-order valence-electron chi connectivity index (χ1n) is 13.3. The molecule has 0 atom stereocenters. The molecule has 194 valence electrons. The van der Waals surface area contributed by atoms with Crippen molar-refractivity contribution >= 4 is 21.9 Å². The van der Waals surface area contributed by atoms with Gasteiger partial charge in [-0.25, -0.2) is 0 Å². The quantitative estimate of drug-likeness (QED) is 0.202. The summed E-state index contributed by atoms with van der Waals surface area (Å²) in [5.41, 5.74) is 3.77. The standard InChI is InChI=1S/C30H40N2O4/c1-7-31(8-2)15-17-33-23-11-13-27-25(19-23)21(5)29(35-27)30-22(6)26-20-24(12-14-28(26)36-30)34-18-16-32(9-3)10-4/h11-14,19-20H,7-10,15-18H2,1-6H3. The summed E-state index contributed by atoms with van der Waals surface area (Å²) < 4.78 is 24.6. The number of benzene rings is 2. The van der Waals surface area contributed by atoms with Crippen LogP contribution in [0.2, 0.25) is 0 Å². The van der Waals surface area contributed by atoms with E-state index >= 15 is 0 Å². The van der Waals surface area contributed by atoms with Crippen molar-refractivity contribution in [3.63, 3.8) is 0 Å². The van der Waals surface area contributed by atoms with Crippen LogP contribution in [-0.2, 0) is 0 Å². The Labute approximate surface area is 214 Å². The van der Waals surface area contributed by atoms with Gasteiger partial charge >= 0.3 is 0 Å². The molecule has 0 aliphatic carbocycles. The first-order chi connectivity index (χ1) is 17.5. The van der Waals surface area contributed by atoms with Crippen LogP contribution in [0.4, 0.5) is 0 Å². The summed E-state index contributed by atoms with van der Waals surface area (Å²) in [5.74, 6) is 3.25. The monoisotopic (exact) mass is 492 g/mol. The molecule has 36 heavy (non-hydrogen) atoms. The first kappa shape index (κ1) is 26.1. The van der Waals surface area contributed by atoms with Gasteiger partial charge < -0.3 is 28.1 Å². The molecule has 0 saturated carbocycles. The smallest absolute Gasteiger partial charge is 0.173 e. The van der Waals surface area contributed by atoms with Crippen LogP contribution in [0.5, 0.6) is 11.5 Å². The molecule has 0 aliphatic rings. The molecule has 6 heteroatoms. The Morgan fingerprint density at radius 1 is 0.611 bits per heavy atom. The molecule has 6 nitrogen and oxygen atoms in total. The Hall–Kier alpha value is -2.96. The number of furan rings is 2. The summed E-state index contributed by atoms with van der Waals surface area (Å²) in [5, 5.41) is 2.09. The maximum atomic E-state index is 6.28. The summed E-state index contributed by atoms with van der Waals surface area (Å²) in [6.07, 6.45) is 0. The number of ether oxygens (including phenoxy) is 2. The molecule has 2 heterocycles. The second-order valence-corrected chi connectivity index (χ2v) is 9.18. The van der Waals surface area contributed by atoms with Gasteiger partial charge in [0.2, 0.25) is 0 Å². The van der Waals surface area contributed by atoms with Gasteiger partial charge in [-0.3, -0.25) is 0 Å². The number of hydrogen-bond donors (Lipinski definition) is 0. The highest BCUT2D eigenvalue weighted by atomic mass is 16.5. The predicted molar refractivity (Wildman–Crippen MR) is 147 cm³/mol. The summed E-state index contributed by atoms with van der Waals surface area (Å²) >= 11 is 0. The van der Waals surface area contributed by atoms with E-state index in [-0.39, 0.29) is 0 Å². The predicted octanol–water partition coefficient (Wildman–Crippen LogP) is 6.90. The van der Waals surface area contributed by atoms with E-state index in [0.29, 0.717) is 13.2 Å². The molecule has 0 spiro atoms. The molecule has 2 aromatic carbocycles. The molecule has 2 aromatic heterocycles. The Morgan fingerprint density at radius 3 is 1.36 bits per heavy atom. The van der Waals surface area contributed by atoms with E-state index in [0.717, 1.165) is 95.4 Å². The molecular formula is C30H40N2O4. The molecule has 0 bridgehead atoms. The van der Waals surface area contributed by atoms with Crippen molar-refractivity contribution < 1.29 is 18.3 Å². The largest absolute Gasteiger partial charge is 0.492 e. The molecule has 0 unspecified atom stereocenters. The first-order valence-corrected chi connectivity index (χ1v) is 13.3. The van der Waals surface area contributed by atoms with Gasteiger partial charge in [0.25, 0.3) is 0 Å². The molecule has 0 aliphatic heterocycles. The molecule has 0 radical (unpaired) electrons. The fourth-order valence-electron chi connectivity index (χ4n) is 4.68. The summed E-state index contributed by atoms with van der Waals surface area (Å²) in [6.45, 7) is 20.1. The van der Waals surface area contributed by atoms with E-state index in [1.165, 1.54) is 0 Å². The van der Waals surface area contributed by atoms with Crippen LogP contribution in [-0.4, -0.2) is 62.3 Å². The van der Waals surface area contributed by atoms with E-state index in [4.69, 9.17) is 18.3 Å². The van der Waals surface area contributed by atoms with Crippen molar-refractivity contribution in [3.05, 3.63) is 47.5 Å². The second-order valence-electron chi connectivity index (χ2n) is 9.18. The van der Waals surface area contributed by atoms with Crippen molar-refractivity contribution in [2.75, 3.05) is 52.5 Å². The zero-order valence-electron chi connectivity index (χ0n) is 22.6. The zero-order chi connectivity index (χ0) is 25.7. The fraction of sp³-hybridized carbons (Fsp3) is 0.467. The Bertz CT molecular complexity index is 1180. The number of aryl methyl sites for hydroxylation is 2. The fourth-order valence-corrected chi connectivity index (χ4v) is 4.68. The normalized spacial score (nSPS) is 11.9. The van der Waals surface area contributed by atoms with Gasteiger partial charge in [0.1, 0.15) is 35.9 Å². The average molecular weight is 493 g/mol. The minimum Gasteiger partial charge on any atom is -0.492 e. The number of fused-ring (bicyclic) bond motifs is 2.